The molecular weight excluding hydrogens is 148 g/mol. The molecule has 59 valence electrons. The van der Waals surface area contributed by atoms with Crippen LogP contribution >= 0.6 is 0 Å². The second kappa shape index (κ2) is 2.96. The third-order valence-corrected chi connectivity index (χ3v) is 1.35. The minimum absolute atomic E-state index is 0.353. The molecule has 0 bridgehead atoms. The monoisotopic (exact) mass is 156 g/mol. The summed E-state index contributed by atoms with van der Waals surface area (Å²) in [6.45, 7) is 1.66. The Morgan fingerprint density at radius 3 is 2.18 bits per heavy atom. The number of nitrogens with two attached hydrogens (primary N) is 1. The summed E-state index contributed by atoms with van der Waals surface area (Å²) in [7, 11) is 0. The Balaban J connectivity index is 3.08. The first-order valence-corrected chi connectivity index (χ1v) is 3.23. The maximum Gasteiger partial charge on any atom is 0.134 e. The predicted molar refractivity (Wildman–Crippen MR) is 37.8 cm³/mol. The van der Waals surface area contributed by atoms with Crippen LogP contribution < -0.4 is 5.73 Å². The SMILES string of the molecule is C[C@@H](N)c1cc(F)[c]c(F)c1. The molecule has 1 radical (unpaired) electrons. The smallest absolute Gasteiger partial charge is 0.134 e. The summed E-state index contributed by atoms with van der Waals surface area (Å²) >= 11 is 0. The molecule has 0 amide bonds. The molecule has 1 rings (SSSR count). The van der Waals surface area contributed by atoms with Crippen LogP contribution in [0.3, 0.4) is 0 Å². The molecule has 1 atom stereocenters. The molecule has 11 heavy (non-hydrogen) atoms. The maximum atomic E-state index is 12.4. The van der Waals surface area contributed by atoms with Crippen LogP contribution in [0.4, 0.5) is 8.78 Å². The van der Waals surface area contributed by atoms with Crippen molar-refractivity contribution in [3.05, 3.63) is 35.4 Å². The zero-order valence-electron chi connectivity index (χ0n) is 6.07. The minimum atomic E-state index is -0.711. The van der Waals surface area contributed by atoms with Crippen molar-refractivity contribution < 1.29 is 8.78 Å². The normalized spacial score (nSPS) is 13.1. The molecule has 0 saturated heterocycles. The molecule has 1 aromatic rings. The number of hydrogen-bond donors (Lipinski definition) is 1. The molecule has 0 saturated carbocycles. The summed E-state index contributed by atoms with van der Waals surface area (Å²) < 4.78 is 24.9. The molecule has 0 spiro atoms. The van der Waals surface area contributed by atoms with Gasteiger partial charge < -0.3 is 5.73 Å². The second-order valence-corrected chi connectivity index (χ2v) is 2.40. The van der Waals surface area contributed by atoms with Gasteiger partial charge in [-0.1, -0.05) is 0 Å². The quantitative estimate of drug-likeness (QED) is 0.659. The number of hydrogen-bond acceptors (Lipinski definition) is 1. The van der Waals surface area contributed by atoms with E-state index in [1.807, 2.05) is 6.07 Å². The summed E-state index contributed by atoms with van der Waals surface area (Å²) in [5.74, 6) is -1.42. The van der Waals surface area contributed by atoms with Gasteiger partial charge in [-0.05, 0) is 24.6 Å². The van der Waals surface area contributed by atoms with Gasteiger partial charge >= 0.3 is 0 Å². The maximum absolute atomic E-state index is 12.4. The molecular formula is C8H8F2N. The van der Waals surface area contributed by atoms with E-state index in [1.54, 1.807) is 6.92 Å². The van der Waals surface area contributed by atoms with Gasteiger partial charge in [0.2, 0.25) is 0 Å². The highest BCUT2D eigenvalue weighted by atomic mass is 19.1. The molecule has 1 aromatic carbocycles. The summed E-state index contributed by atoms with van der Waals surface area (Å²) in [5.41, 5.74) is 5.85. The molecule has 0 aliphatic heterocycles. The summed E-state index contributed by atoms with van der Waals surface area (Å²) in [6, 6.07) is 3.87. The highest BCUT2D eigenvalue weighted by Crippen LogP contribution is 2.12. The van der Waals surface area contributed by atoms with Gasteiger partial charge in [-0.2, -0.15) is 0 Å². The van der Waals surface area contributed by atoms with E-state index in [0.29, 0.717) is 5.56 Å². The van der Waals surface area contributed by atoms with E-state index in [-0.39, 0.29) is 6.04 Å². The van der Waals surface area contributed by atoms with Crippen LogP contribution in [0.25, 0.3) is 0 Å². The fourth-order valence-corrected chi connectivity index (χ4v) is 0.783. The lowest BCUT2D eigenvalue weighted by Gasteiger charge is -2.04. The second-order valence-electron chi connectivity index (χ2n) is 2.40. The van der Waals surface area contributed by atoms with Crippen molar-refractivity contribution in [2.75, 3.05) is 0 Å². The molecule has 3 heteroatoms. The van der Waals surface area contributed by atoms with Gasteiger partial charge in [-0.25, -0.2) is 8.78 Å². The Hall–Kier alpha value is -0.960. The molecule has 0 heterocycles. The third kappa shape index (κ3) is 1.98. The van der Waals surface area contributed by atoms with Crippen molar-refractivity contribution in [2.45, 2.75) is 13.0 Å². The Kier molecular flexibility index (Phi) is 2.19. The van der Waals surface area contributed by atoms with Crippen LogP contribution in [-0.2, 0) is 0 Å². The van der Waals surface area contributed by atoms with Gasteiger partial charge in [0.1, 0.15) is 11.6 Å². The average molecular weight is 156 g/mol. The van der Waals surface area contributed by atoms with Gasteiger partial charge in [0, 0.05) is 6.04 Å². The molecule has 0 unspecified atom stereocenters. The van der Waals surface area contributed by atoms with E-state index in [4.69, 9.17) is 5.73 Å². The molecule has 0 aliphatic carbocycles. The first kappa shape index (κ1) is 8.14. The summed E-state index contributed by atoms with van der Waals surface area (Å²) in [5, 5.41) is 0. The van der Waals surface area contributed by atoms with Crippen LogP contribution in [-0.4, -0.2) is 0 Å². The van der Waals surface area contributed by atoms with Crippen LogP contribution in [0.15, 0.2) is 12.1 Å². The van der Waals surface area contributed by atoms with E-state index in [0.717, 1.165) is 0 Å². The van der Waals surface area contributed by atoms with Crippen LogP contribution in [0.1, 0.15) is 18.5 Å². The van der Waals surface area contributed by atoms with Crippen molar-refractivity contribution in [1.82, 2.24) is 0 Å². The summed E-state index contributed by atoms with van der Waals surface area (Å²) in [6.07, 6.45) is 0. The number of rotatable bonds is 1. The Bertz CT molecular complexity index is 238. The fraction of sp³-hybridized carbons (Fsp3) is 0.250. The third-order valence-electron chi connectivity index (χ3n) is 1.35. The van der Waals surface area contributed by atoms with Gasteiger partial charge in [0.15, 0.2) is 0 Å². The standard InChI is InChI=1S/C8H8F2N/c1-5(11)6-2-7(9)4-8(10)3-6/h2-3,5H,11H2,1H3/t5-/m1/s1. The molecule has 0 aliphatic rings. The number of halogens is 2. The van der Waals surface area contributed by atoms with Crippen LogP contribution in [0, 0.1) is 17.7 Å². The van der Waals surface area contributed by atoms with Gasteiger partial charge in [0.05, 0.1) is 6.07 Å². The van der Waals surface area contributed by atoms with E-state index >= 15 is 0 Å². The highest BCUT2D eigenvalue weighted by molar-refractivity contribution is 5.19. The fourth-order valence-electron chi connectivity index (χ4n) is 0.783. The lowest BCUT2D eigenvalue weighted by Crippen LogP contribution is -2.05. The van der Waals surface area contributed by atoms with E-state index in [2.05, 4.69) is 0 Å². The molecule has 1 nitrogen and oxygen atoms in total. The Morgan fingerprint density at radius 1 is 1.36 bits per heavy atom. The number of benzene rings is 1. The van der Waals surface area contributed by atoms with Crippen LogP contribution in [0.5, 0.6) is 0 Å². The largest absolute Gasteiger partial charge is 0.324 e. The molecule has 0 aromatic heterocycles. The first-order chi connectivity index (χ1) is 5.09. The zero-order chi connectivity index (χ0) is 8.43. The average Bonchev–Trinajstić information content (AvgIpc) is 1.85. The van der Waals surface area contributed by atoms with Crippen molar-refractivity contribution in [3.8, 4) is 0 Å². The highest BCUT2D eigenvalue weighted by Gasteiger charge is 2.03. The van der Waals surface area contributed by atoms with Crippen LogP contribution in [0.2, 0.25) is 0 Å². The van der Waals surface area contributed by atoms with Gasteiger partial charge in [-0.15, -0.1) is 0 Å². The Labute approximate surface area is 63.8 Å². The van der Waals surface area contributed by atoms with Crippen molar-refractivity contribution in [2.24, 2.45) is 5.73 Å². The molecule has 0 fully saturated rings. The lowest BCUT2D eigenvalue weighted by atomic mass is 10.1. The van der Waals surface area contributed by atoms with Crippen molar-refractivity contribution >= 4 is 0 Å². The topological polar surface area (TPSA) is 26.0 Å². The van der Waals surface area contributed by atoms with E-state index in [9.17, 15) is 8.78 Å². The van der Waals surface area contributed by atoms with Crippen molar-refractivity contribution in [3.63, 3.8) is 0 Å². The summed E-state index contributed by atoms with van der Waals surface area (Å²) in [4.78, 5) is 0. The van der Waals surface area contributed by atoms with E-state index < -0.39 is 11.6 Å². The minimum Gasteiger partial charge on any atom is -0.324 e. The Morgan fingerprint density at radius 2 is 1.82 bits per heavy atom. The van der Waals surface area contributed by atoms with Gasteiger partial charge in [-0.3, -0.25) is 0 Å². The first-order valence-electron chi connectivity index (χ1n) is 3.23. The molecule has 2 N–H and O–H groups in total. The lowest BCUT2D eigenvalue weighted by molar-refractivity contribution is 0.572. The van der Waals surface area contributed by atoms with Crippen molar-refractivity contribution in [1.29, 1.82) is 0 Å². The van der Waals surface area contributed by atoms with E-state index in [1.165, 1.54) is 12.1 Å². The van der Waals surface area contributed by atoms with Gasteiger partial charge in [0.25, 0.3) is 0 Å². The predicted octanol–water partition coefficient (Wildman–Crippen LogP) is 1.78. The zero-order valence-corrected chi connectivity index (χ0v) is 6.07.